The van der Waals surface area contributed by atoms with Gasteiger partial charge in [0.2, 0.25) is 0 Å². The summed E-state index contributed by atoms with van der Waals surface area (Å²) in [4.78, 5) is 11.1. The van der Waals surface area contributed by atoms with Crippen LogP contribution in [-0.2, 0) is 6.54 Å². The summed E-state index contributed by atoms with van der Waals surface area (Å²) >= 11 is 0. The molecule has 4 heteroatoms. The standard InChI is InChI=1S/C12H20N4/c1-10-5-3-2-4-6-16(10)12-9-14-11(7-13)8-15-12/h8-10H,2-7,13H2,1H3. The molecule has 1 saturated heterocycles. The molecule has 1 fully saturated rings. The molecule has 4 nitrogen and oxygen atoms in total. The lowest BCUT2D eigenvalue weighted by Gasteiger charge is -2.27. The summed E-state index contributed by atoms with van der Waals surface area (Å²) in [7, 11) is 0. The minimum absolute atomic E-state index is 0.461. The molecule has 2 heterocycles. The zero-order valence-corrected chi connectivity index (χ0v) is 9.89. The minimum Gasteiger partial charge on any atom is -0.353 e. The third kappa shape index (κ3) is 2.50. The fourth-order valence-electron chi connectivity index (χ4n) is 2.22. The molecule has 0 bridgehead atoms. The average molecular weight is 220 g/mol. The maximum atomic E-state index is 5.51. The number of hydrogen-bond donors (Lipinski definition) is 1. The van der Waals surface area contributed by atoms with Gasteiger partial charge in [0.1, 0.15) is 5.82 Å². The fourth-order valence-corrected chi connectivity index (χ4v) is 2.22. The van der Waals surface area contributed by atoms with E-state index in [4.69, 9.17) is 5.73 Å². The quantitative estimate of drug-likeness (QED) is 0.824. The zero-order chi connectivity index (χ0) is 11.4. The van der Waals surface area contributed by atoms with Gasteiger partial charge in [0.25, 0.3) is 0 Å². The average Bonchev–Trinajstić information content (AvgIpc) is 2.54. The first kappa shape index (κ1) is 11.3. The lowest BCUT2D eigenvalue weighted by molar-refractivity contribution is 0.610. The second-order valence-corrected chi connectivity index (χ2v) is 4.46. The van der Waals surface area contributed by atoms with Crippen molar-refractivity contribution in [2.24, 2.45) is 5.73 Å². The first-order chi connectivity index (χ1) is 7.81. The maximum Gasteiger partial charge on any atom is 0.147 e. The Bertz CT molecular complexity index is 322. The molecular weight excluding hydrogens is 200 g/mol. The topological polar surface area (TPSA) is 55.0 Å². The van der Waals surface area contributed by atoms with Crippen molar-refractivity contribution >= 4 is 5.82 Å². The third-order valence-corrected chi connectivity index (χ3v) is 3.25. The van der Waals surface area contributed by atoms with Gasteiger partial charge in [-0.2, -0.15) is 0 Å². The van der Waals surface area contributed by atoms with Gasteiger partial charge in [0.05, 0.1) is 18.1 Å². The third-order valence-electron chi connectivity index (χ3n) is 3.25. The summed E-state index contributed by atoms with van der Waals surface area (Å²) in [6.07, 6.45) is 8.79. The number of aromatic nitrogens is 2. The zero-order valence-electron chi connectivity index (χ0n) is 9.89. The lowest BCUT2D eigenvalue weighted by atomic mass is 10.1. The van der Waals surface area contributed by atoms with E-state index in [2.05, 4.69) is 21.8 Å². The first-order valence-corrected chi connectivity index (χ1v) is 6.09. The van der Waals surface area contributed by atoms with Crippen molar-refractivity contribution in [3.8, 4) is 0 Å². The van der Waals surface area contributed by atoms with Crippen LogP contribution < -0.4 is 10.6 Å². The van der Waals surface area contributed by atoms with Crippen LogP contribution >= 0.6 is 0 Å². The maximum absolute atomic E-state index is 5.51. The molecule has 88 valence electrons. The predicted octanol–water partition coefficient (Wildman–Crippen LogP) is 1.70. The lowest BCUT2D eigenvalue weighted by Crippen LogP contribution is -2.33. The van der Waals surface area contributed by atoms with E-state index in [1.165, 1.54) is 25.7 Å². The van der Waals surface area contributed by atoms with Gasteiger partial charge in [-0.05, 0) is 19.8 Å². The molecule has 0 spiro atoms. The molecule has 16 heavy (non-hydrogen) atoms. The van der Waals surface area contributed by atoms with Crippen LogP contribution in [0.2, 0.25) is 0 Å². The molecule has 1 aliphatic rings. The number of nitrogens with zero attached hydrogens (tertiary/aromatic N) is 3. The van der Waals surface area contributed by atoms with Gasteiger partial charge >= 0.3 is 0 Å². The Morgan fingerprint density at radius 3 is 2.88 bits per heavy atom. The van der Waals surface area contributed by atoms with Crippen molar-refractivity contribution in [3.05, 3.63) is 18.1 Å². The predicted molar refractivity (Wildman–Crippen MR) is 65.2 cm³/mol. The van der Waals surface area contributed by atoms with E-state index in [1.807, 2.05) is 6.20 Å². The summed E-state index contributed by atoms with van der Waals surface area (Å²) in [6.45, 7) is 3.82. The SMILES string of the molecule is CC1CCCCCN1c1cnc(CN)cn1. The number of hydrogen-bond acceptors (Lipinski definition) is 4. The van der Waals surface area contributed by atoms with Crippen LogP contribution in [0.5, 0.6) is 0 Å². The van der Waals surface area contributed by atoms with Crippen molar-refractivity contribution in [3.63, 3.8) is 0 Å². The summed E-state index contributed by atoms with van der Waals surface area (Å²) in [5, 5.41) is 0. The van der Waals surface area contributed by atoms with Crippen LogP contribution in [0.4, 0.5) is 5.82 Å². The molecule has 0 amide bonds. The molecule has 1 aromatic rings. The van der Waals surface area contributed by atoms with Crippen LogP contribution in [0.15, 0.2) is 12.4 Å². The molecule has 2 N–H and O–H groups in total. The van der Waals surface area contributed by atoms with E-state index in [0.29, 0.717) is 12.6 Å². The molecule has 0 saturated carbocycles. The Kier molecular flexibility index (Phi) is 3.72. The van der Waals surface area contributed by atoms with Crippen LogP contribution in [0.3, 0.4) is 0 Å². The number of nitrogens with two attached hydrogens (primary N) is 1. The molecule has 2 rings (SSSR count). The Balaban J connectivity index is 2.14. The molecule has 0 aliphatic carbocycles. The second-order valence-electron chi connectivity index (χ2n) is 4.46. The summed E-state index contributed by atoms with van der Waals surface area (Å²) in [5.41, 5.74) is 6.37. The van der Waals surface area contributed by atoms with Crippen LogP contribution in [-0.4, -0.2) is 22.6 Å². The minimum atomic E-state index is 0.461. The largest absolute Gasteiger partial charge is 0.353 e. The number of rotatable bonds is 2. The molecule has 1 aromatic heterocycles. The van der Waals surface area contributed by atoms with Crippen LogP contribution in [0.1, 0.15) is 38.3 Å². The van der Waals surface area contributed by atoms with E-state index in [0.717, 1.165) is 18.1 Å². The van der Waals surface area contributed by atoms with Crippen molar-refractivity contribution in [1.29, 1.82) is 0 Å². The highest BCUT2D eigenvalue weighted by Gasteiger charge is 2.18. The van der Waals surface area contributed by atoms with Crippen molar-refractivity contribution in [2.75, 3.05) is 11.4 Å². The first-order valence-electron chi connectivity index (χ1n) is 6.09. The number of anilines is 1. The van der Waals surface area contributed by atoms with E-state index in [1.54, 1.807) is 6.20 Å². The second kappa shape index (κ2) is 5.25. The molecular formula is C12H20N4. The van der Waals surface area contributed by atoms with Gasteiger partial charge < -0.3 is 10.6 Å². The van der Waals surface area contributed by atoms with Gasteiger partial charge in [0, 0.05) is 19.1 Å². The Morgan fingerprint density at radius 1 is 1.31 bits per heavy atom. The van der Waals surface area contributed by atoms with Crippen LogP contribution in [0.25, 0.3) is 0 Å². The Labute approximate surface area is 96.9 Å². The highest BCUT2D eigenvalue weighted by Crippen LogP contribution is 2.21. The molecule has 0 radical (unpaired) electrons. The van der Waals surface area contributed by atoms with Crippen molar-refractivity contribution in [2.45, 2.75) is 45.2 Å². The van der Waals surface area contributed by atoms with E-state index in [9.17, 15) is 0 Å². The van der Waals surface area contributed by atoms with E-state index < -0.39 is 0 Å². The van der Waals surface area contributed by atoms with Crippen LogP contribution in [0, 0.1) is 0 Å². The van der Waals surface area contributed by atoms with Gasteiger partial charge in [-0.25, -0.2) is 4.98 Å². The van der Waals surface area contributed by atoms with Gasteiger partial charge in [-0.3, -0.25) is 4.98 Å². The van der Waals surface area contributed by atoms with E-state index >= 15 is 0 Å². The highest BCUT2D eigenvalue weighted by molar-refractivity contribution is 5.37. The van der Waals surface area contributed by atoms with Gasteiger partial charge in [-0.1, -0.05) is 12.8 Å². The summed E-state index contributed by atoms with van der Waals surface area (Å²) in [5.74, 6) is 0.992. The Morgan fingerprint density at radius 2 is 2.19 bits per heavy atom. The summed E-state index contributed by atoms with van der Waals surface area (Å²) in [6, 6.07) is 0.570. The van der Waals surface area contributed by atoms with Gasteiger partial charge in [0.15, 0.2) is 0 Å². The summed E-state index contributed by atoms with van der Waals surface area (Å²) < 4.78 is 0. The van der Waals surface area contributed by atoms with E-state index in [-0.39, 0.29) is 0 Å². The molecule has 1 aliphatic heterocycles. The highest BCUT2D eigenvalue weighted by atomic mass is 15.2. The normalized spacial score (nSPS) is 21.9. The van der Waals surface area contributed by atoms with Crippen molar-refractivity contribution < 1.29 is 0 Å². The fraction of sp³-hybridized carbons (Fsp3) is 0.667. The van der Waals surface area contributed by atoms with Gasteiger partial charge in [-0.15, -0.1) is 0 Å². The smallest absolute Gasteiger partial charge is 0.147 e. The monoisotopic (exact) mass is 220 g/mol. The van der Waals surface area contributed by atoms with Crippen molar-refractivity contribution in [1.82, 2.24) is 9.97 Å². The Hall–Kier alpha value is -1.16. The molecule has 1 unspecified atom stereocenters. The molecule has 1 atom stereocenters. The molecule has 0 aromatic carbocycles.